The molecule has 4 nitrogen and oxygen atoms in total. The molecular formula is C18H18Cl2N4. The van der Waals surface area contributed by atoms with Crippen LogP contribution in [0.3, 0.4) is 0 Å². The highest BCUT2D eigenvalue weighted by atomic mass is 35.5. The number of rotatable bonds is 1. The van der Waals surface area contributed by atoms with Gasteiger partial charge in [-0.15, -0.1) is 0 Å². The fourth-order valence-electron chi connectivity index (χ4n) is 2.78. The van der Waals surface area contributed by atoms with E-state index in [0.717, 1.165) is 40.0 Å². The van der Waals surface area contributed by atoms with Crippen LogP contribution in [0.5, 0.6) is 0 Å². The molecule has 0 amide bonds. The summed E-state index contributed by atoms with van der Waals surface area (Å²) in [5.41, 5.74) is 3.60. The molecule has 0 atom stereocenters. The van der Waals surface area contributed by atoms with Crippen LogP contribution >= 0.6 is 23.2 Å². The normalized spacial score (nSPS) is 11.0. The molecule has 2 aromatic rings. The van der Waals surface area contributed by atoms with Crippen LogP contribution in [0.4, 0.5) is 0 Å². The third kappa shape index (κ3) is 2.81. The zero-order valence-electron chi connectivity index (χ0n) is 13.8. The fraction of sp³-hybridized carbons (Fsp3) is 0.222. The minimum Gasteiger partial charge on any atom is -0.323 e. The topological polar surface area (TPSA) is 42.7 Å². The van der Waals surface area contributed by atoms with E-state index in [1.165, 1.54) is 0 Å². The fourth-order valence-corrected chi connectivity index (χ4v) is 3.32. The van der Waals surface area contributed by atoms with Gasteiger partial charge in [-0.3, -0.25) is 0 Å². The van der Waals surface area contributed by atoms with Crippen LogP contribution in [0, 0.1) is 0 Å². The Morgan fingerprint density at radius 2 is 1.79 bits per heavy atom. The van der Waals surface area contributed by atoms with Crippen molar-refractivity contribution in [2.75, 3.05) is 14.1 Å². The number of hydrogen-bond acceptors (Lipinski definition) is 3. The van der Waals surface area contributed by atoms with E-state index in [4.69, 9.17) is 28.2 Å². The van der Waals surface area contributed by atoms with Crippen molar-refractivity contribution in [3.8, 4) is 11.5 Å². The van der Waals surface area contributed by atoms with Crippen molar-refractivity contribution in [1.29, 1.82) is 0 Å². The number of aryl methyl sites for hydroxylation is 1. The average Bonchev–Trinajstić information content (AvgIpc) is 2.92. The monoisotopic (exact) mass is 360 g/mol. The molecule has 2 heterocycles. The first kappa shape index (κ1) is 17.0. The molecule has 2 aliphatic heterocycles. The van der Waals surface area contributed by atoms with Crippen LogP contribution in [0.1, 0.15) is 6.92 Å². The van der Waals surface area contributed by atoms with Gasteiger partial charge >= 0.3 is 0 Å². The number of aromatic nitrogens is 3. The number of benzene rings is 2. The largest absolute Gasteiger partial charge is 0.323 e. The maximum Gasteiger partial charge on any atom is 0.160 e. The van der Waals surface area contributed by atoms with E-state index in [1.54, 1.807) is 6.07 Å². The van der Waals surface area contributed by atoms with Gasteiger partial charge < -0.3 is 9.88 Å². The molecule has 6 heteroatoms. The van der Waals surface area contributed by atoms with Gasteiger partial charge in [0, 0.05) is 17.0 Å². The zero-order valence-corrected chi connectivity index (χ0v) is 15.3. The molecule has 4 rings (SSSR count). The van der Waals surface area contributed by atoms with Gasteiger partial charge in [0.15, 0.2) is 5.82 Å². The maximum atomic E-state index is 6.28. The molecule has 124 valence electrons. The number of para-hydroxylation sites is 2. The Kier molecular flexibility index (Phi) is 4.90. The second kappa shape index (κ2) is 6.93. The first-order valence-corrected chi connectivity index (χ1v) is 8.48. The molecule has 1 N–H and O–H groups in total. The van der Waals surface area contributed by atoms with Crippen LogP contribution in [0.25, 0.3) is 33.5 Å². The molecule has 0 saturated heterocycles. The van der Waals surface area contributed by atoms with Crippen molar-refractivity contribution in [2.45, 2.75) is 13.5 Å². The summed E-state index contributed by atoms with van der Waals surface area (Å²) >= 11 is 12.4. The summed E-state index contributed by atoms with van der Waals surface area (Å²) in [6.45, 7) is 2.91. The molecule has 2 aromatic carbocycles. The van der Waals surface area contributed by atoms with Crippen molar-refractivity contribution in [2.24, 2.45) is 0 Å². The third-order valence-corrected chi connectivity index (χ3v) is 4.20. The summed E-state index contributed by atoms with van der Waals surface area (Å²) in [4.78, 5) is 9.44. The smallest absolute Gasteiger partial charge is 0.160 e. The molecule has 0 unspecified atom stereocenters. The van der Waals surface area contributed by atoms with Crippen molar-refractivity contribution in [1.82, 2.24) is 19.9 Å². The zero-order chi connectivity index (χ0) is 17.3. The number of nitrogens with zero attached hydrogens (tertiary/aromatic N) is 3. The maximum absolute atomic E-state index is 6.28. The van der Waals surface area contributed by atoms with E-state index >= 15 is 0 Å². The Balaban J connectivity index is 0.000000526. The summed E-state index contributed by atoms with van der Waals surface area (Å²) in [6, 6.07) is 11.6. The van der Waals surface area contributed by atoms with E-state index in [1.807, 2.05) is 38.4 Å². The van der Waals surface area contributed by atoms with E-state index in [9.17, 15) is 0 Å². The predicted molar refractivity (Wildman–Crippen MR) is 102 cm³/mol. The van der Waals surface area contributed by atoms with Gasteiger partial charge in [-0.05, 0) is 45.3 Å². The van der Waals surface area contributed by atoms with Gasteiger partial charge in [-0.25, -0.2) is 9.97 Å². The number of hydrogen-bond donors (Lipinski definition) is 1. The van der Waals surface area contributed by atoms with Crippen molar-refractivity contribution >= 4 is 45.1 Å². The first-order valence-electron chi connectivity index (χ1n) is 7.72. The van der Waals surface area contributed by atoms with Crippen LogP contribution in [0.15, 0.2) is 36.4 Å². The Bertz CT molecular complexity index is 978. The van der Waals surface area contributed by atoms with Gasteiger partial charge in [0.25, 0.3) is 0 Å². The summed E-state index contributed by atoms with van der Waals surface area (Å²) in [6.07, 6.45) is 0. The van der Waals surface area contributed by atoms with E-state index in [0.29, 0.717) is 10.0 Å². The first-order chi connectivity index (χ1) is 11.6. The van der Waals surface area contributed by atoms with Gasteiger partial charge in [0.1, 0.15) is 5.69 Å². The molecule has 0 aliphatic carbocycles. The van der Waals surface area contributed by atoms with Crippen LogP contribution in [-0.4, -0.2) is 28.6 Å². The van der Waals surface area contributed by atoms with Crippen molar-refractivity contribution in [3.63, 3.8) is 0 Å². The molecule has 2 aliphatic rings. The van der Waals surface area contributed by atoms with E-state index < -0.39 is 0 Å². The lowest BCUT2D eigenvalue weighted by Gasteiger charge is -2.12. The molecule has 0 fully saturated rings. The number of fused-ring (bicyclic) bond motifs is 4. The highest BCUT2D eigenvalue weighted by Crippen LogP contribution is 2.37. The molecule has 0 bridgehead atoms. The highest BCUT2D eigenvalue weighted by Gasteiger charge is 2.20. The molecular weight excluding hydrogens is 343 g/mol. The molecule has 24 heavy (non-hydrogen) atoms. The second-order valence-corrected chi connectivity index (χ2v) is 6.26. The van der Waals surface area contributed by atoms with Crippen molar-refractivity contribution in [3.05, 3.63) is 46.4 Å². The SMILES string of the molecule is CCn1c2nc3c(Cl)cc(Cl)cc3c-2nc2ccccc21.CNC. The average molecular weight is 361 g/mol. The lowest BCUT2D eigenvalue weighted by Crippen LogP contribution is -2.05. The standard InChI is InChI=1S/C16H11Cl2N3.C2H7N/c1-2-21-13-6-4-3-5-12(13)19-15-10-7-9(17)8-11(18)14(10)20-16(15)21;1-3-2/h3-8H,2H2,1H3;3H,1-2H3. The Morgan fingerprint density at radius 1 is 1.08 bits per heavy atom. The minimum atomic E-state index is 0.558. The van der Waals surface area contributed by atoms with Crippen LogP contribution in [-0.2, 0) is 6.54 Å². The third-order valence-electron chi connectivity index (χ3n) is 3.69. The van der Waals surface area contributed by atoms with Crippen LogP contribution in [0.2, 0.25) is 10.0 Å². The molecule has 0 saturated carbocycles. The lowest BCUT2D eigenvalue weighted by molar-refractivity contribution is 0.780. The lowest BCUT2D eigenvalue weighted by atomic mass is 10.2. The van der Waals surface area contributed by atoms with Crippen LogP contribution < -0.4 is 5.32 Å². The summed E-state index contributed by atoms with van der Waals surface area (Å²) in [5.74, 6) is 0.843. The van der Waals surface area contributed by atoms with Gasteiger partial charge in [-0.2, -0.15) is 0 Å². The summed E-state index contributed by atoms with van der Waals surface area (Å²) < 4.78 is 2.15. The quantitative estimate of drug-likeness (QED) is 0.527. The number of halogens is 2. The number of nitrogens with one attached hydrogen (secondary N) is 1. The Labute approximate surface area is 150 Å². The Morgan fingerprint density at radius 3 is 2.50 bits per heavy atom. The van der Waals surface area contributed by atoms with Crippen molar-refractivity contribution < 1.29 is 0 Å². The van der Waals surface area contributed by atoms with E-state index in [-0.39, 0.29) is 0 Å². The Hall–Kier alpha value is -1.88. The molecule has 0 radical (unpaired) electrons. The van der Waals surface area contributed by atoms with Gasteiger partial charge in [-0.1, -0.05) is 35.3 Å². The highest BCUT2D eigenvalue weighted by molar-refractivity contribution is 6.38. The minimum absolute atomic E-state index is 0.558. The second-order valence-electron chi connectivity index (χ2n) is 5.41. The summed E-state index contributed by atoms with van der Waals surface area (Å²) in [5, 5.41) is 4.80. The van der Waals surface area contributed by atoms with Gasteiger partial charge in [0.05, 0.1) is 21.6 Å². The predicted octanol–water partition coefficient (Wildman–Crippen LogP) is 4.85. The van der Waals surface area contributed by atoms with Gasteiger partial charge in [0.2, 0.25) is 0 Å². The summed E-state index contributed by atoms with van der Waals surface area (Å²) in [7, 11) is 3.75. The molecule has 0 spiro atoms. The van der Waals surface area contributed by atoms with E-state index in [2.05, 4.69) is 27.9 Å². The molecule has 0 aromatic heterocycles.